The third kappa shape index (κ3) is 3.85. The summed E-state index contributed by atoms with van der Waals surface area (Å²) in [7, 11) is 0. The van der Waals surface area contributed by atoms with E-state index < -0.39 is 35.0 Å². The van der Waals surface area contributed by atoms with Crippen LogP contribution in [0.2, 0.25) is 9.49 Å². The molecule has 0 aliphatic carbocycles. The van der Waals surface area contributed by atoms with Gasteiger partial charge >= 0.3 is 6.18 Å². The molecule has 5 aromatic heterocycles. The van der Waals surface area contributed by atoms with Crippen LogP contribution in [0.25, 0.3) is 27.2 Å². The number of fused-ring (bicyclic) bond motifs is 3. The van der Waals surface area contributed by atoms with E-state index >= 15 is 0 Å². The van der Waals surface area contributed by atoms with Gasteiger partial charge in [0.25, 0.3) is 11.4 Å². The monoisotopic (exact) mass is 530 g/mol. The van der Waals surface area contributed by atoms with Crippen molar-refractivity contribution >= 4 is 50.3 Å². The molecule has 0 atom stereocenters. The number of alkyl halides is 3. The van der Waals surface area contributed by atoms with Crippen LogP contribution in [0.5, 0.6) is 0 Å². The summed E-state index contributed by atoms with van der Waals surface area (Å²) in [6.07, 6.45) is -4.71. The molecule has 0 amide bonds. The number of hydrogen-bond acceptors (Lipinski definition) is 7. The molecule has 0 fully saturated rings. The maximum Gasteiger partial charge on any atom is 0.433 e. The van der Waals surface area contributed by atoms with Gasteiger partial charge in [-0.15, -0.1) is 21.5 Å². The Labute approximate surface area is 205 Å². The van der Waals surface area contributed by atoms with Crippen LogP contribution < -0.4 is 5.56 Å². The Morgan fingerprint density at radius 2 is 1.97 bits per heavy atom. The van der Waals surface area contributed by atoms with Gasteiger partial charge in [0.05, 0.1) is 22.9 Å². The number of nitrogens with zero attached hydrogens (tertiary/aromatic N) is 6. The van der Waals surface area contributed by atoms with Crippen molar-refractivity contribution in [2.75, 3.05) is 0 Å². The summed E-state index contributed by atoms with van der Waals surface area (Å²) >= 11 is 13.3. The zero-order chi connectivity index (χ0) is 26.2. The quantitative estimate of drug-likeness (QED) is 0.278. The molecule has 176 valence electrons. The second-order valence-corrected chi connectivity index (χ2v) is 9.52. The van der Waals surface area contributed by atoms with E-state index in [0.29, 0.717) is 26.4 Å². The van der Waals surface area contributed by atoms with Gasteiger partial charge in [0, 0.05) is 5.92 Å². The van der Waals surface area contributed by atoms with E-state index in [0.717, 1.165) is 10.8 Å². The zero-order valence-corrected chi connectivity index (χ0v) is 19.5. The third-order valence-electron chi connectivity index (χ3n) is 4.82. The number of pyridine rings is 1. The van der Waals surface area contributed by atoms with E-state index in [-0.39, 0.29) is 22.9 Å². The molecule has 0 aromatic carbocycles. The largest absolute Gasteiger partial charge is 0.433 e. The molecule has 0 spiro atoms. The molecule has 0 saturated heterocycles. The van der Waals surface area contributed by atoms with E-state index in [4.69, 9.17) is 30.4 Å². The van der Waals surface area contributed by atoms with Crippen molar-refractivity contribution in [3.8, 4) is 11.5 Å². The molecule has 0 aliphatic rings. The lowest BCUT2D eigenvalue weighted by molar-refractivity contribution is -0.141. The molecule has 0 radical (unpaired) electrons. The molecule has 0 N–H and O–H groups in total. The lowest BCUT2D eigenvalue weighted by Gasteiger charge is -2.12. The molecule has 0 saturated carbocycles. The second-order valence-electron chi connectivity index (χ2n) is 7.45. The topological polar surface area (TPSA) is 91.1 Å². The standard InChI is InChI=1S/C20H13Cl2F3N6O2S/c1-8(2)17-29-30(19(32)11-5-12-10(31(11)17)6-14(21)34-12)7-15-27-28-18(33-15)9-3-4-13(20(23,24)25)26-16(9)22/h3-6,8H,7H2,1-2H3/i7D2. The van der Waals surface area contributed by atoms with Crippen molar-refractivity contribution < 1.29 is 20.3 Å². The Morgan fingerprint density at radius 1 is 1.21 bits per heavy atom. The van der Waals surface area contributed by atoms with Crippen LogP contribution in [0.1, 0.15) is 39.9 Å². The fourth-order valence-corrected chi connectivity index (χ4v) is 4.73. The normalized spacial score (nSPS) is 13.8. The third-order valence-corrected chi connectivity index (χ3v) is 6.30. The van der Waals surface area contributed by atoms with Crippen molar-refractivity contribution in [2.24, 2.45) is 0 Å². The minimum atomic E-state index is -4.71. The molecule has 14 heteroatoms. The smallest absolute Gasteiger partial charge is 0.419 e. The summed E-state index contributed by atoms with van der Waals surface area (Å²) in [5.41, 5.74) is -1.28. The van der Waals surface area contributed by atoms with Crippen LogP contribution in [0.4, 0.5) is 13.2 Å². The summed E-state index contributed by atoms with van der Waals surface area (Å²) < 4.78 is 64.7. The number of halogens is 5. The Hall–Kier alpha value is -2.96. The first-order valence-electron chi connectivity index (χ1n) is 10.6. The fourth-order valence-electron chi connectivity index (χ4n) is 3.34. The first-order chi connectivity index (χ1) is 16.8. The van der Waals surface area contributed by atoms with Gasteiger partial charge < -0.3 is 4.42 Å². The maximum absolute atomic E-state index is 13.3. The number of hydrogen-bond donors (Lipinski definition) is 0. The molecule has 0 unspecified atom stereocenters. The molecule has 0 bridgehead atoms. The number of rotatable bonds is 4. The highest BCUT2D eigenvalue weighted by Gasteiger charge is 2.33. The van der Waals surface area contributed by atoms with Gasteiger partial charge in [-0.25, -0.2) is 9.67 Å². The van der Waals surface area contributed by atoms with Gasteiger partial charge in [0.2, 0.25) is 5.89 Å². The van der Waals surface area contributed by atoms with E-state index in [2.05, 4.69) is 20.3 Å². The van der Waals surface area contributed by atoms with Crippen molar-refractivity contribution in [3.05, 3.63) is 61.5 Å². The average molecular weight is 531 g/mol. The van der Waals surface area contributed by atoms with Crippen LogP contribution in [-0.2, 0) is 12.7 Å². The van der Waals surface area contributed by atoms with Gasteiger partial charge in [0.15, 0.2) is 0 Å². The summed E-state index contributed by atoms with van der Waals surface area (Å²) in [4.78, 5) is 16.6. The summed E-state index contributed by atoms with van der Waals surface area (Å²) in [5.74, 6) is -0.873. The molecule has 34 heavy (non-hydrogen) atoms. The van der Waals surface area contributed by atoms with Gasteiger partial charge in [-0.1, -0.05) is 37.0 Å². The second kappa shape index (κ2) is 8.07. The van der Waals surface area contributed by atoms with Crippen LogP contribution in [0.3, 0.4) is 0 Å². The predicted octanol–water partition coefficient (Wildman–Crippen LogP) is 5.65. The minimum Gasteiger partial charge on any atom is -0.419 e. The van der Waals surface area contributed by atoms with E-state index in [9.17, 15) is 18.0 Å². The highest BCUT2D eigenvalue weighted by Crippen LogP contribution is 2.34. The fraction of sp³-hybridized carbons (Fsp3) is 0.250. The Bertz CT molecular complexity index is 1710. The van der Waals surface area contributed by atoms with Crippen molar-refractivity contribution in [2.45, 2.75) is 32.4 Å². The van der Waals surface area contributed by atoms with Crippen LogP contribution in [0, 0.1) is 0 Å². The molecule has 5 aromatic rings. The van der Waals surface area contributed by atoms with E-state index in [1.54, 1.807) is 16.5 Å². The van der Waals surface area contributed by atoms with Crippen molar-refractivity contribution in [1.82, 2.24) is 29.4 Å². The Morgan fingerprint density at radius 3 is 2.65 bits per heavy atom. The molecular weight excluding hydrogens is 516 g/mol. The van der Waals surface area contributed by atoms with Crippen LogP contribution >= 0.6 is 34.5 Å². The zero-order valence-electron chi connectivity index (χ0n) is 19.2. The van der Waals surface area contributed by atoms with Gasteiger partial charge in [-0.2, -0.15) is 18.3 Å². The molecule has 5 rings (SSSR count). The highest BCUT2D eigenvalue weighted by molar-refractivity contribution is 7.22. The Balaban J connectivity index is 1.63. The molecule has 0 aliphatic heterocycles. The summed E-state index contributed by atoms with van der Waals surface area (Å²) in [5, 5.41) is 11.1. The van der Waals surface area contributed by atoms with E-state index in [1.807, 2.05) is 13.8 Å². The van der Waals surface area contributed by atoms with Crippen molar-refractivity contribution in [3.63, 3.8) is 0 Å². The van der Waals surface area contributed by atoms with E-state index in [1.165, 1.54) is 11.3 Å². The molecular formula is C20H13Cl2F3N6O2S. The van der Waals surface area contributed by atoms with Crippen LogP contribution in [-0.4, -0.2) is 29.4 Å². The maximum atomic E-state index is 13.3. The predicted molar refractivity (Wildman–Crippen MR) is 121 cm³/mol. The molecule has 5 heterocycles. The summed E-state index contributed by atoms with van der Waals surface area (Å²) in [6, 6.07) is 4.96. The number of thiophene rings is 1. The minimum absolute atomic E-state index is 0.137. The average Bonchev–Trinajstić information content (AvgIpc) is 3.48. The van der Waals surface area contributed by atoms with Crippen LogP contribution in [0.15, 0.2) is 33.5 Å². The first-order valence-corrected chi connectivity index (χ1v) is 11.2. The van der Waals surface area contributed by atoms with Crippen molar-refractivity contribution in [1.29, 1.82) is 0 Å². The van der Waals surface area contributed by atoms with Gasteiger partial charge in [0.1, 0.15) is 28.7 Å². The first kappa shape index (κ1) is 20.4. The highest BCUT2D eigenvalue weighted by atomic mass is 35.5. The SMILES string of the molecule is [2H]C([2H])(c1nnc(-c2ccc(C(F)(F)F)nc2Cl)o1)n1nc(C(C)C)n2c(cc3sc(Cl)cc32)c1=O. The Kier molecular flexibility index (Phi) is 4.84. The lowest BCUT2D eigenvalue weighted by atomic mass is 10.2. The van der Waals surface area contributed by atoms with Gasteiger partial charge in [-0.05, 0) is 24.3 Å². The van der Waals surface area contributed by atoms with Gasteiger partial charge in [-0.3, -0.25) is 9.20 Å². The summed E-state index contributed by atoms with van der Waals surface area (Å²) in [6.45, 7) is 0.946. The lowest BCUT2D eigenvalue weighted by Crippen LogP contribution is -2.28. The molecule has 8 nitrogen and oxygen atoms in total. The number of aromatic nitrogens is 6.